The van der Waals surface area contributed by atoms with Gasteiger partial charge in [-0.1, -0.05) is 104 Å². The predicted molar refractivity (Wildman–Crippen MR) is 150 cm³/mol. The van der Waals surface area contributed by atoms with Crippen LogP contribution in [0.5, 0.6) is 0 Å². The molecule has 0 fully saturated rings. The van der Waals surface area contributed by atoms with Gasteiger partial charge in [0.1, 0.15) is 0 Å². The van der Waals surface area contributed by atoms with Crippen molar-refractivity contribution in [1.29, 1.82) is 0 Å². The van der Waals surface area contributed by atoms with Crippen LogP contribution in [0.1, 0.15) is 149 Å². The Balaban J connectivity index is 3.84. The quantitative estimate of drug-likeness (QED) is 0.0524. The zero-order valence-electron chi connectivity index (χ0n) is 24.2. The molecule has 0 aliphatic heterocycles. The number of rotatable bonds is 27. The molecule has 1 amide bonds. The van der Waals surface area contributed by atoms with Crippen LogP contribution in [0, 0.1) is 0 Å². The molecule has 0 saturated heterocycles. The first-order valence-corrected chi connectivity index (χ1v) is 15.4. The molecule has 0 aromatic carbocycles. The lowest BCUT2D eigenvalue weighted by atomic mass is 10.1. The summed E-state index contributed by atoms with van der Waals surface area (Å²) >= 11 is 0. The highest BCUT2D eigenvalue weighted by Gasteiger charge is 2.08. The lowest BCUT2D eigenvalue weighted by molar-refractivity contribution is -0.162. The van der Waals surface area contributed by atoms with Crippen molar-refractivity contribution in [3.63, 3.8) is 0 Å². The zero-order valence-corrected chi connectivity index (χ0v) is 24.2. The summed E-state index contributed by atoms with van der Waals surface area (Å²) in [4.78, 5) is 25.6. The van der Waals surface area contributed by atoms with Crippen molar-refractivity contribution in [2.45, 2.75) is 149 Å². The van der Waals surface area contributed by atoms with Crippen LogP contribution in [-0.2, 0) is 14.3 Å². The molecule has 0 radical (unpaired) electrons. The van der Waals surface area contributed by atoms with Gasteiger partial charge in [0.2, 0.25) is 5.91 Å². The summed E-state index contributed by atoms with van der Waals surface area (Å²) in [6.07, 6.45) is 23.3. The van der Waals surface area contributed by atoms with E-state index in [-0.39, 0.29) is 11.9 Å². The molecule has 0 heterocycles. The molecule has 0 spiro atoms. The summed E-state index contributed by atoms with van der Waals surface area (Å²) in [6, 6.07) is 0. The smallest absolute Gasteiger partial charge is 0.305 e. The molecule has 0 aliphatic rings. The molecule has 36 heavy (non-hydrogen) atoms. The van der Waals surface area contributed by atoms with Crippen molar-refractivity contribution in [1.82, 2.24) is 9.96 Å². The number of unbranched alkanes of at least 4 members (excludes halogenated alkanes) is 15. The number of nitrogens with zero attached hydrogens (tertiary/aromatic N) is 2. The summed E-state index contributed by atoms with van der Waals surface area (Å²) in [5.74, 6) is -0.325. The van der Waals surface area contributed by atoms with Crippen LogP contribution in [0.25, 0.3) is 0 Å². The predicted octanol–water partition coefficient (Wildman–Crippen LogP) is 7.91. The van der Waals surface area contributed by atoms with E-state index in [1.807, 2.05) is 0 Å². The largest absolute Gasteiger partial charge is 0.466 e. The topological polar surface area (TPSA) is 70.1 Å². The van der Waals surface area contributed by atoms with Gasteiger partial charge < -0.3 is 9.64 Å². The third kappa shape index (κ3) is 24.5. The zero-order chi connectivity index (χ0) is 26.7. The molecule has 0 atom stereocenters. The Hall–Kier alpha value is -1.14. The number of amides is 1. The minimum Gasteiger partial charge on any atom is -0.466 e. The van der Waals surface area contributed by atoms with E-state index in [2.05, 4.69) is 18.7 Å². The molecule has 6 nitrogen and oxygen atoms in total. The molecule has 1 N–H and O–H groups in total. The van der Waals surface area contributed by atoms with E-state index >= 15 is 0 Å². The molecular weight excluding hydrogens is 452 g/mol. The van der Waals surface area contributed by atoms with Crippen molar-refractivity contribution in [2.75, 3.05) is 32.8 Å². The minimum absolute atomic E-state index is 0.0328. The lowest BCUT2D eigenvalue weighted by Crippen LogP contribution is -2.32. The van der Waals surface area contributed by atoms with Crippen LogP contribution < -0.4 is 0 Å². The first kappa shape index (κ1) is 34.9. The van der Waals surface area contributed by atoms with Crippen LogP contribution >= 0.6 is 0 Å². The Morgan fingerprint density at radius 3 is 1.56 bits per heavy atom. The van der Waals surface area contributed by atoms with E-state index in [1.54, 1.807) is 0 Å². The molecule has 0 aliphatic carbocycles. The highest BCUT2D eigenvalue weighted by Crippen LogP contribution is 2.11. The second-order valence-electron chi connectivity index (χ2n) is 10.5. The lowest BCUT2D eigenvalue weighted by Gasteiger charge is -2.23. The third-order valence-electron chi connectivity index (χ3n) is 6.90. The monoisotopic (exact) mass is 512 g/mol. The number of hydrogen-bond donors (Lipinski definition) is 1. The molecule has 6 heteroatoms. The van der Waals surface area contributed by atoms with E-state index in [9.17, 15) is 14.8 Å². The van der Waals surface area contributed by atoms with Crippen LogP contribution in [0.4, 0.5) is 0 Å². The standard InChI is InChI=1S/C30H60N2O4/c1-4-6-8-10-12-17-21-28-36-30(34)23-18-14-13-16-20-25-31(24-19-15-11-9-7-5-2)26-22-27-32(35)29(3)33/h35H,4-28H2,1-3H3. The van der Waals surface area contributed by atoms with E-state index in [1.165, 1.54) is 90.4 Å². The number of ether oxygens (including phenoxy) is 1. The first-order valence-electron chi connectivity index (χ1n) is 15.4. The second-order valence-corrected chi connectivity index (χ2v) is 10.5. The Kier molecular flexibility index (Phi) is 26.1. The van der Waals surface area contributed by atoms with Crippen LogP contribution in [0.3, 0.4) is 0 Å². The summed E-state index contributed by atoms with van der Waals surface area (Å²) in [5, 5.41) is 10.4. The molecule has 0 unspecified atom stereocenters. The van der Waals surface area contributed by atoms with Gasteiger partial charge in [0.25, 0.3) is 0 Å². The molecular formula is C30H60N2O4. The van der Waals surface area contributed by atoms with Gasteiger partial charge in [0.05, 0.1) is 6.61 Å². The van der Waals surface area contributed by atoms with Crippen molar-refractivity contribution in [2.24, 2.45) is 0 Å². The molecule has 0 aromatic rings. The van der Waals surface area contributed by atoms with Gasteiger partial charge in [-0.25, -0.2) is 5.06 Å². The molecule has 0 bridgehead atoms. The third-order valence-corrected chi connectivity index (χ3v) is 6.90. The maximum atomic E-state index is 11.9. The molecule has 0 saturated carbocycles. The normalized spacial score (nSPS) is 11.2. The van der Waals surface area contributed by atoms with Crippen molar-refractivity contribution in [3.05, 3.63) is 0 Å². The number of esters is 1. The Labute approximate surface area is 223 Å². The maximum absolute atomic E-state index is 11.9. The van der Waals surface area contributed by atoms with Crippen molar-refractivity contribution in [3.8, 4) is 0 Å². The van der Waals surface area contributed by atoms with Gasteiger partial charge in [-0.3, -0.25) is 14.8 Å². The summed E-state index contributed by atoms with van der Waals surface area (Å²) < 4.78 is 5.38. The Bertz CT molecular complexity index is 501. The highest BCUT2D eigenvalue weighted by molar-refractivity contribution is 5.71. The fourth-order valence-electron chi connectivity index (χ4n) is 4.51. The Morgan fingerprint density at radius 1 is 0.583 bits per heavy atom. The number of hydroxylamine groups is 2. The number of hydrogen-bond acceptors (Lipinski definition) is 5. The van der Waals surface area contributed by atoms with Crippen molar-refractivity contribution < 1.29 is 19.5 Å². The minimum atomic E-state index is -0.292. The van der Waals surface area contributed by atoms with Gasteiger partial charge in [-0.2, -0.15) is 0 Å². The molecule has 0 rings (SSSR count). The first-order chi connectivity index (χ1) is 17.5. The number of carbonyl (C=O) groups excluding carboxylic acids is 2. The van der Waals surface area contributed by atoms with Gasteiger partial charge in [0, 0.05) is 19.9 Å². The molecule has 0 aromatic heterocycles. The fourth-order valence-corrected chi connectivity index (χ4v) is 4.51. The Morgan fingerprint density at radius 2 is 1.03 bits per heavy atom. The molecule has 214 valence electrons. The summed E-state index contributed by atoms with van der Waals surface area (Å²) in [5.41, 5.74) is 0. The van der Waals surface area contributed by atoms with E-state index in [0.717, 1.165) is 63.2 Å². The average Bonchev–Trinajstić information content (AvgIpc) is 2.86. The number of carbonyl (C=O) groups is 2. The van der Waals surface area contributed by atoms with Crippen LogP contribution in [0.2, 0.25) is 0 Å². The van der Waals surface area contributed by atoms with Crippen LogP contribution in [-0.4, -0.2) is 59.8 Å². The highest BCUT2D eigenvalue weighted by atomic mass is 16.5. The van der Waals surface area contributed by atoms with E-state index in [4.69, 9.17) is 4.74 Å². The van der Waals surface area contributed by atoms with Gasteiger partial charge in [-0.15, -0.1) is 0 Å². The van der Waals surface area contributed by atoms with E-state index in [0.29, 0.717) is 19.6 Å². The van der Waals surface area contributed by atoms with Crippen LogP contribution in [0.15, 0.2) is 0 Å². The average molecular weight is 513 g/mol. The van der Waals surface area contributed by atoms with Gasteiger partial charge in [0.15, 0.2) is 0 Å². The van der Waals surface area contributed by atoms with Gasteiger partial charge >= 0.3 is 5.97 Å². The van der Waals surface area contributed by atoms with E-state index < -0.39 is 0 Å². The fraction of sp³-hybridized carbons (Fsp3) is 0.933. The SMILES string of the molecule is CCCCCCCCCOC(=O)CCCCCCCN(CCCCCCCC)CCCN(O)C(C)=O. The summed E-state index contributed by atoms with van der Waals surface area (Å²) in [6.45, 7) is 9.95. The van der Waals surface area contributed by atoms with Crippen molar-refractivity contribution >= 4 is 11.9 Å². The van der Waals surface area contributed by atoms with Gasteiger partial charge in [-0.05, 0) is 51.7 Å². The second kappa shape index (κ2) is 26.9. The summed E-state index contributed by atoms with van der Waals surface area (Å²) in [7, 11) is 0. The maximum Gasteiger partial charge on any atom is 0.305 e.